The minimum Gasteiger partial charge on any atom is -0.478 e. The van der Waals surface area contributed by atoms with Gasteiger partial charge in [-0.3, -0.25) is 0 Å². The van der Waals surface area contributed by atoms with Gasteiger partial charge in [0.15, 0.2) is 0 Å². The maximum absolute atomic E-state index is 13.4. The molecule has 0 saturated carbocycles. The molecule has 0 aliphatic carbocycles. The number of nitrogen functional groups attached to an aromatic ring is 1. The first-order valence-electron chi connectivity index (χ1n) is 5.90. The topological polar surface area (TPSA) is 88.2 Å². The van der Waals surface area contributed by atoms with Crippen LogP contribution in [-0.4, -0.2) is 16.1 Å². The van der Waals surface area contributed by atoms with E-state index in [4.69, 9.17) is 10.8 Å². The van der Waals surface area contributed by atoms with Crippen LogP contribution in [0.25, 0.3) is 0 Å². The Balaban J connectivity index is 2.34. The van der Waals surface area contributed by atoms with E-state index in [1.54, 1.807) is 0 Å². The molecule has 0 fully saturated rings. The first kappa shape index (κ1) is 14.3. The van der Waals surface area contributed by atoms with Crippen LogP contribution in [0.1, 0.15) is 34.0 Å². The lowest BCUT2D eigenvalue weighted by Crippen LogP contribution is -2.13. The minimum absolute atomic E-state index is 0.198. The van der Waals surface area contributed by atoms with Gasteiger partial charge in [0.05, 0.1) is 17.4 Å². The van der Waals surface area contributed by atoms with Gasteiger partial charge in [-0.1, -0.05) is 0 Å². The molecule has 20 heavy (non-hydrogen) atoms. The van der Waals surface area contributed by atoms with Crippen LogP contribution in [-0.2, 0) is 0 Å². The molecule has 1 atom stereocenters. The van der Waals surface area contributed by atoms with E-state index < -0.39 is 11.8 Å². The zero-order valence-electron chi connectivity index (χ0n) is 11.0. The Morgan fingerprint density at radius 3 is 2.80 bits per heavy atom. The number of carboxylic acid groups (broad SMARTS) is 1. The summed E-state index contributed by atoms with van der Waals surface area (Å²) < 4.78 is 13.4. The summed E-state index contributed by atoms with van der Waals surface area (Å²) in [6.45, 7) is 3.73. The molecule has 1 aromatic carbocycles. The minimum atomic E-state index is -1.27. The number of hydrogen-bond donors (Lipinski definition) is 3. The van der Waals surface area contributed by atoms with Gasteiger partial charge < -0.3 is 16.2 Å². The zero-order valence-corrected chi connectivity index (χ0v) is 11.8. The number of halogens is 1. The lowest BCUT2D eigenvalue weighted by atomic mass is 10.1. The van der Waals surface area contributed by atoms with Crippen LogP contribution < -0.4 is 11.1 Å². The summed E-state index contributed by atoms with van der Waals surface area (Å²) in [6.07, 6.45) is 0. The van der Waals surface area contributed by atoms with E-state index in [2.05, 4.69) is 10.3 Å². The van der Waals surface area contributed by atoms with Crippen molar-refractivity contribution in [3.63, 3.8) is 0 Å². The Morgan fingerprint density at radius 2 is 2.25 bits per heavy atom. The van der Waals surface area contributed by atoms with Crippen molar-refractivity contribution < 1.29 is 14.3 Å². The van der Waals surface area contributed by atoms with Crippen molar-refractivity contribution in [3.05, 3.63) is 39.6 Å². The summed E-state index contributed by atoms with van der Waals surface area (Å²) in [5.74, 6) is -2.02. The number of nitrogens with one attached hydrogen (secondary N) is 1. The van der Waals surface area contributed by atoms with E-state index in [-0.39, 0.29) is 23.0 Å². The Bertz CT molecular complexity index is 657. The van der Waals surface area contributed by atoms with Crippen molar-refractivity contribution in [1.29, 1.82) is 0 Å². The van der Waals surface area contributed by atoms with Crippen LogP contribution >= 0.6 is 11.3 Å². The van der Waals surface area contributed by atoms with E-state index in [9.17, 15) is 9.18 Å². The summed E-state index contributed by atoms with van der Waals surface area (Å²) in [5, 5.41) is 14.9. The lowest BCUT2D eigenvalue weighted by Gasteiger charge is -2.16. The molecular formula is C13H14FN3O2S. The smallest absolute Gasteiger partial charge is 0.340 e. The van der Waals surface area contributed by atoms with Gasteiger partial charge >= 0.3 is 5.97 Å². The third kappa shape index (κ3) is 2.72. The second-order valence-corrected chi connectivity index (χ2v) is 5.27. The third-order valence-electron chi connectivity index (χ3n) is 2.79. The van der Waals surface area contributed by atoms with Gasteiger partial charge in [0.1, 0.15) is 16.4 Å². The number of benzene rings is 1. The molecule has 106 valence electrons. The second kappa shape index (κ2) is 5.46. The number of aromatic nitrogens is 1. The highest BCUT2D eigenvalue weighted by Crippen LogP contribution is 2.29. The number of carbonyl (C=O) groups is 1. The lowest BCUT2D eigenvalue weighted by molar-refractivity contribution is 0.0698. The molecule has 1 aromatic heterocycles. The van der Waals surface area contributed by atoms with Crippen molar-refractivity contribution in [2.75, 3.05) is 11.1 Å². The van der Waals surface area contributed by atoms with Gasteiger partial charge in [-0.05, 0) is 26.0 Å². The molecule has 0 bridgehead atoms. The SMILES string of the molecule is Cc1csc(C(C)Nc2ccc(F)c(N)c2C(=O)O)n1. The molecule has 2 rings (SSSR count). The molecule has 0 aliphatic heterocycles. The van der Waals surface area contributed by atoms with Gasteiger partial charge in [0.25, 0.3) is 0 Å². The predicted octanol–water partition coefficient (Wildman–Crippen LogP) is 3.04. The fourth-order valence-corrected chi connectivity index (χ4v) is 2.61. The first-order chi connectivity index (χ1) is 9.40. The third-order valence-corrected chi connectivity index (χ3v) is 3.93. The van der Waals surface area contributed by atoms with Crippen molar-refractivity contribution in [1.82, 2.24) is 4.98 Å². The summed E-state index contributed by atoms with van der Waals surface area (Å²) in [4.78, 5) is 15.5. The Kier molecular flexibility index (Phi) is 3.89. The van der Waals surface area contributed by atoms with Crippen LogP contribution in [0.3, 0.4) is 0 Å². The largest absolute Gasteiger partial charge is 0.478 e. The Morgan fingerprint density at radius 1 is 1.55 bits per heavy atom. The molecule has 0 saturated heterocycles. The highest BCUT2D eigenvalue weighted by molar-refractivity contribution is 7.09. The number of aromatic carboxylic acids is 1. The number of nitrogens with zero attached hydrogens (tertiary/aromatic N) is 1. The van der Waals surface area contributed by atoms with E-state index in [1.165, 1.54) is 17.4 Å². The monoisotopic (exact) mass is 295 g/mol. The van der Waals surface area contributed by atoms with Gasteiger partial charge in [0.2, 0.25) is 0 Å². The van der Waals surface area contributed by atoms with E-state index in [0.717, 1.165) is 16.8 Å². The zero-order chi connectivity index (χ0) is 14.9. The van der Waals surface area contributed by atoms with Crippen molar-refractivity contribution in [3.8, 4) is 0 Å². The fourth-order valence-electron chi connectivity index (χ4n) is 1.81. The van der Waals surface area contributed by atoms with E-state index >= 15 is 0 Å². The molecule has 5 nitrogen and oxygen atoms in total. The average Bonchev–Trinajstić information content (AvgIpc) is 2.80. The predicted molar refractivity (Wildman–Crippen MR) is 76.7 cm³/mol. The number of aryl methyl sites for hydroxylation is 1. The van der Waals surface area contributed by atoms with Gasteiger partial charge in [-0.25, -0.2) is 14.2 Å². The van der Waals surface area contributed by atoms with Crippen LogP contribution in [0.2, 0.25) is 0 Å². The van der Waals surface area contributed by atoms with E-state index in [1.807, 2.05) is 19.2 Å². The summed E-state index contributed by atoms with van der Waals surface area (Å²) in [6, 6.07) is 2.31. The fraction of sp³-hybridized carbons (Fsp3) is 0.231. The van der Waals surface area contributed by atoms with Crippen molar-refractivity contribution in [2.24, 2.45) is 0 Å². The molecule has 0 aliphatic rings. The number of carboxylic acids is 1. The molecular weight excluding hydrogens is 281 g/mol. The molecule has 1 unspecified atom stereocenters. The molecule has 1 heterocycles. The van der Waals surface area contributed by atoms with Crippen LogP contribution in [0.15, 0.2) is 17.5 Å². The van der Waals surface area contributed by atoms with Crippen LogP contribution in [0.5, 0.6) is 0 Å². The maximum atomic E-state index is 13.4. The molecule has 0 amide bonds. The van der Waals surface area contributed by atoms with E-state index in [0.29, 0.717) is 0 Å². The average molecular weight is 295 g/mol. The summed E-state index contributed by atoms with van der Waals surface area (Å²) in [5.41, 5.74) is 6.04. The van der Waals surface area contributed by atoms with Gasteiger partial charge in [-0.2, -0.15) is 0 Å². The van der Waals surface area contributed by atoms with Crippen molar-refractivity contribution >= 4 is 28.7 Å². The molecule has 2 aromatic rings. The summed E-state index contributed by atoms with van der Waals surface area (Å²) in [7, 11) is 0. The summed E-state index contributed by atoms with van der Waals surface area (Å²) >= 11 is 1.47. The standard InChI is InChI=1S/C13H14FN3O2S/c1-6-5-20-12(16-6)7(2)17-9-4-3-8(14)11(15)10(9)13(18)19/h3-5,7,17H,15H2,1-2H3,(H,18,19). The highest BCUT2D eigenvalue weighted by atomic mass is 32.1. The normalized spacial score (nSPS) is 12.2. The number of hydrogen-bond acceptors (Lipinski definition) is 5. The van der Waals surface area contributed by atoms with Gasteiger partial charge in [-0.15, -0.1) is 11.3 Å². The quantitative estimate of drug-likeness (QED) is 0.754. The molecule has 0 radical (unpaired) electrons. The van der Waals surface area contributed by atoms with Crippen molar-refractivity contribution in [2.45, 2.75) is 19.9 Å². The molecule has 4 N–H and O–H groups in total. The number of rotatable bonds is 4. The second-order valence-electron chi connectivity index (χ2n) is 4.38. The van der Waals surface area contributed by atoms with Crippen LogP contribution in [0.4, 0.5) is 15.8 Å². The molecule has 0 spiro atoms. The number of anilines is 2. The number of nitrogens with two attached hydrogens (primary N) is 1. The first-order valence-corrected chi connectivity index (χ1v) is 6.78. The Labute approximate surface area is 119 Å². The van der Waals surface area contributed by atoms with Gasteiger partial charge in [0, 0.05) is 11.1 Å². The maximum Gasteiger partial charge on any atom is 0.340 e. The molecule has 7 heteroatoms. The van der Waals surface area contributed by atoms with Crippen LogP contribution in [0, 0.1) is 12.7 Å². The number of thiazole rings is 1. The highest BCUT2D eigenvalue weighted by Gasteiger charge is 2.19. The Hall–Kier alpha value is -2.15.